The van der Waals surface area contributed by atoms with Crippen molar-refractivity contribution < 1.29 is 13.9 Å². The molecule has 0 atom stereocenters. The van der Waals surface area contributed by atoms with Crippen LogP contribution < -0.4 is 10.1 Å². The molecule has 0 saturated heterocycles. The number of rotatable bonds is 7. The van der Waals surface area contributed by atoms with E-state index in [9.17, 15) is 9.18 Å². The molecule has 0 aliphatic heterocycles. The van der Waals surface area contributed by atoms with Gasteiger partial charge in [-0.3, -0.25) is 9.48 Å². The van der Waals surface area contributed by atoms with Crippen molar-refractivity contribution in [1.82, 2.24) is 15.1 Å². The number of benzene rings is 1. The lowest BCUT2D eigenvalue weighted by molar-refractivity contribution is 0.0941. The number of halogens is 1. The van der Waals surface area contributed by atoms with Gasteiger partial charge in [0, 0.05) is 25.6 Å². The molecular formula is C19H22FN3O2. The van der Waals surface area contributed by atoms with Gasteiger partial charge >= 0.3 is 0 Å². The lowest BCUT2D eigenvalue weighted by atomic mass is 10.2. The Morgan fingerprint density at radius 3 is 2.92 bits per heavy atom. The summed E-state index contributed by atoms with van der Waals surface area (Å²) in [6.45, 7) is 4.11. The maximum atomic E-state index is 14.4. The quantitative estimate of drug-likeness (QED) is 0.621. The van der Waals surface area contributed by atoms with Crippen molar-refractivity contribution in [3.63, 3.8) is 0 Å². The van der Waals surface area contributed by atoms with E-state index in [1.807, 2.05) is 6.92 Å². The Morgan fingerprint density at radius 2 is 2.24 bits per heavy atom. The maximum Gasteiger partial charge on any atom is 0.269 e. The van der Waals surface area contributed by atoms with Gasteiger partial charge < -0.3 is 10.1 Å². The summed E-state index contributed by atoms with van der Waals surface area (Å²) in [6, 6.07) is 6.62. The number of carbonyl (C=O) groups is 1. The monoisotopic (exact) mass is 343 g/mol. The first-order valence-electron chi connectivity index (χ1n) is 8.17. The van der Waals surface area contributed by atoms with Crippen molar-refractivity contribution >= 4 is 5.91 Å². The van der Waals surface area contributed by atoms with E-state index in [1.54, 1.807) is 38.2 Å². The normalized spacial score (nSPS) is 10.1. The number of amides is 1. The third kappa shape index (κ3) is 4.83. The van der Waals surface area contributed by atoms with Crippen LogP contribution in [-0.4, -0.2) is 22.3 Å². The van der Waals surface area contributed by atoms with Crippen LogP contribution in [0.5, 0.6) is 5.75 Å². The molecule has 6 heteroatoms. The van der Waals surface area contributed by atoms with E-state index >= 15 is 0 Å². The second kappa shape index (κ2) is 8.88. The Labute approximate surface area is 147 Å². The highest BCUT2D eigenvalue weighted by Gasteiger charge is 2.14. The molecule has 0 aliphatic rings. The Balaban J connectivity index is 2.01. The van der Waals surface area contributed by atoms with Gasteiger partial charge in [-0.25, -0.2) is 4.39 Å². The molecule has 1 heterocycles. The van der Waals surface area contributed by atoms with Crippen LogP contribution in [0.25, 0.3) is 0 Å². The van der Waals surface area contributed by atoms with Gasteiger partial charge in [-0.1, -0.05) is 19.1 Å². The molecule has 2 rings (SSSR count). The molecule has 1 aromatic carbocycles. The molecule has 0 unspecified atom stereocenters. The van der Waals surface area contributed by atoms with Gasteiger partial charge in [-0.05, 0) is 25.5 Å². The van der Waals surface area contributed by atoms with Gasteiger partial charge in [0.05, 0.1) is 12.3 Å². The first-order valence-corrected chi connectivity index (χ1v) is 8.17. The fraction of sp³-hybridized carbons (Fsp3) is 0.368. The number of nitrogens with one attached hydrogen (secondary N) is 1. The third-order valence-electron chi connectivity index (χ3n) is 3.67. The van der Waals surface area contributed by atoms with Crippen LogP contribution in [0.15, 0.2) is 24.3 Å². The minimum atomic E-state index is -0.466. The zero-order chi connectivity index (χ0) is 18.2. The topological polar surface area (TPSA) is 56.1 Å². The predicted octanol–water partition coefficient (Wildman–Crippen LogP) is 2.84. The van der Waals surface area contributed by atoms with Crippen molar-refractivity contribution in [2.75, 3.05) is 6.61 Å². The van der Waals surface area contributed by atoms with E-state index in [0.717, 1.165) is 12.1 Å². The van der Waals surface area contributed by atoms with Gasteiger partial charge in [0.15, 0.2) is 11.6 Å². The van der Waals surface area contributed by atoms with E-state index in [2.05, 4.69) is 22.3 Å². The van der Waals surface area contributed by atoms with E-state index in [1.165, 1.54) is 4.68 Å². The molecule has 0 aliphatic carbocycles. The van der Waals surface area contributed by atoms with Crippen molar-refractivity contribution in [3.8, 4) is 17.6 Å². The first kappa shape index (κ1) is 18.5. The Kier molecular flexibility index (Phi) is 6.58. The summed E-state index contributed by atoms with van der Waals surface area (Å²) >= 11 is 0. The summed E-state index contributed by atoms with van der Waals surface area (Å²) in [6.07, 6.45) is 1.29. The number of carbonyl (C=O) groups excluding carboxylic acids is 1. The molecule has 0 saturated carbocycles. The van der Waals surface area contributed by atoms with Crippen molar-refractivity contribution in [3.05, 3.63) is 47.0 Å². The number of hydrogen-bond donors (Lipinski definition) is 1. The molecule has 2 aromatic rings. The van der Waals surface area contributed by atoms with E-state index in [-0.39, 0.29) is 18.2 Å². The molecule has 132 valence electrons. The van der Waals surface area contributed by atoms with Crippen molar-refractivity contribution in [2.24, 2.45) is 7.05 Å². The van der Waals surface area contributed by atoms with Gasteiger partial charge in [0.25, 0.3) is 5.91 Å². The summed E-state index contributed by atoms with van der Waals surface area (Å²) in [5.41, 5.74) is 1.65. The van der Waals surface area contributed by atoms with Crippen LogP contribution in [-0.2, 0) is 20.0 Å². The van der Waals surface area contributed by atoms with Crippen LogP contribution in [0.2, 0.25) is 0 Å². The number of nitrogens with zero attached hydrogens (tertiary/aromatic N) is 2. The molecule has 0 radical (unpaired) electrons. The highest BCUT2D eigenvalue weighted by Crippen LogP contribution is 2.20. The largest absolute Gasteiger partial charge is 0.490 e. The first-order chi connectivity index (χ1) is 12.1. The molecule has 1 N–H and O–H groups in total. The molecule has 25 heavy (non-hydrogen) atoms. The molecule has 1 aromatic heterocycles. The minimum Gasteiger partial charge on any atom is -0.490 e. The summed E-state index contributed by atoms with van der Waals surface area (Å²) in [4.78, 5) is 12.3. The SMILES string of the molecule is CC#CCCOc1cccc(CNC(=O)c2cc(CC)nn2C)c1F. The van der Waals surface area contributed by atoms with E-state index in [4.69, 9.17) is 4.74 Å². The number of hydrogen-bond acceptors (Lipinski definition) is 3. The van der Waals surface area contributed by atoms with Crippen LogP contribution in [0.1, 0.15) is 42.0 Å². The summed E-state index contributed by atoms with van der Waals surface area (Å²) in [7, 11) is 1.71. The van der Waals surface area contributed by atoms with Crippen LogP contribution in [0, 0.1) is 17.7 Å². The summed E-state index contributed by atoms with van der Waals surface area (Å²) in [5.74, 6) is 5.03. The number of aryl methyl sites for hydroxylation is 2. The number of aromatic nitrogens is 2. The summed E-state index contributed by atoms with van der Waals surface area (Å²) < 4.78 is 21.4. The highest BCUT2D eigenvalue weighted by atomic mass is 19.1. The van der Waals surface area contributed by atoms with Crippen molar-refractivity contribution in [2.45, 2.75) is 33.2 Å². The fourth-order valence-electron chi connectivity index (χ4n) is 2.32. The number of ether oxygens (including phenoxy) is 1. The Bertz CT molecular complexity index is 803. The predicted molar refractivity (Wildman–Crippen MR) is 93.7 cm³/mol. The van der Waals surface area contributed by atoms with Gasteiger partial charge in [0.2, 0.25) is 0 Å². The van der Waals surface area contributed by atoms with Gasteiger partial charge in [0.1, 0.15) is 5.69 Å². The lowest BCUT2D eigenvalue weighted by Gasteiger charge is -2.10. The fourth-order valence-corrected chi connectivity index (χ4v) is 2.32. The molecule has 5 nitrogen and oxygen atoms in total. The standard InChI is InChI=1S/C19H22FN3O2/c1-4-6-7-11-25-17-10-8-9-14(18(17)20)13-21-19(24)16-12-15(5-2)22-23(16)3/h8-10,12H,5,7,11,13H2,1-3H3,(H,21,24). The molecule has 0 bridgehead atoms. The average molecular weight is 343 g/mol. The Hall–Kier alpha value is -2.81. The highest BCUT2D eigenvalue weighted by molar-refractivity contribution is 5.92. The third-order valence-corrected chi connectivity index (χ3v) is 3.67. The van der Waals surface area contributed by atoms with E-state index < -0.39 is 5.82 Å². The van der Waals surface area contributed by atoms with Crippen LogP contribution in [0.4, 0.5) is 4.39 Å². The molecule has 0 fully saturated rings. The van der Waals surface area contributed by atoms with Gasteiger partial charge in [-0.15, -0.1) is 11.8 Å². The second-order valence-electron chi connectivity index (χ2n) is 5.44. The van der Waals surface area contributed by atoms with Gasteiger partial charge in [-0.2, -0.15) is 5.10 Å². The second-order valence-corrected chi connectivity index (χ2v) is 5.44. The van der Waals surface area contributed by atoms with Crippen LogP contribution >= 0.6 is 0 Å². The zero-order valence-corrected chi connectivity index (χ0v) is 14.7. The van der Waals surface area contributed by atoms with E-state index in [0.29, 0.717) is 24.3 Å². The smallest absolute Gasteiger partial charge is 0.269 e. The maximum absolute atomic E-state index is 14.4. The van der Waals surface area contributed by atoms with Crippen molar-refractivity contribution in [1.29, 1.82) is 0 Å². The average Bonchev–Trinajstić information content (AvgIpc) is 2.99. The zero-order valence-electron chi connectivity index (χ0n) is 14.7. The lowest BCUT2D eigenvalue weighted by Crippen LogP contribution is -2.25. The summed E-state index contributed by atoms with van der Waals surface area (Å²) in [5, 5.41) is 6.96. The molecular weight excluding hydrogens is 321 g/mol. The molecule has 1 amide bonds. The minimum absolute atomic E-state index is 0.0727. The molecule has 0 spiro atoms. The van der Waals surface area contributed by atoms with Crippen LogP contribution in [0.3, 0.4) is 0 Å². The Morgan fingerprint density at radius 1 is 1.44 bits per heavy atom.